The average Bonchev–Trinajstić information content (AvgIpc) is 2.98. The highest BCUT2D eigenvalue weighted by atomic mass is 16.3. The Morgan fingerprint density at radius 3 is 2.71 bits per heavy atom. The number of aliphatic hydroxyl groups excluding tert-OH is 2. The summed E-state index contributed by atoms with van der Waals surface area (Å²) in [5, 5.41) is 24.7. The Kier molecular flexibility index (Phi) is 4.92. The molecule has 7 heteroatoms. The van der Waals surface area contributed by atoms with E-state index in [-0.39, 0.29) is 37.8 Å². The van der Waals surface area contributed by atoms with E-state index in [1.807, 2.05) is 30.3 Å². The van der Waals surface area contributed by atoms with Gasteiger partial charge in [-0.05, 0) is 12.0 Å². The predicted octanol–water partition coefficient (Wildman–Crippen LogP) is 0.119. The Morgan fingerprint density at radius 2 is 2.00 bits per heavy atom. The normalized spacial score (nSPS) is 24.2. The number of hydrogen-bond donors (Lipinski definition) is 2. The lowest BCUT2D eigenvalue weighted by atomic mass is 10.1. The van der Waals surface area contributed by atoms with Gasteiger partial charge in [-0.25, -0.2) is 5.01 Å². The third-order valence-corrected chi connectivity index (χ3v) is 4.39. The smallest absolute Gasteiger partial charge is 0.270 e. The van der Waals surface area contributed by atoms with Crippen LogP contribution in [-0.2, 0) is 16.1 Å². The van der Waals surface area contributed by atoms with Crippen molar-refractivity contribution in [2.45, 2.75) is 38.0 Å². The van der Waals surface area contributed by atoms with Gasteiger partial charge in [0.1, 0.15) is 5.71 Å². The second kappa shape index (κ2) is 7.11. The minimum Gasteiger partial charge on any atom is -0.394 e. The van der Waals surface area contributed by atoms with Gasteiger partial charge in [0.25, 0.3) is 5.91 Å². The summed E-state index contributed by atoms with van der Waals surface area (Å²) >= 11 is 0. The number of nitrogens with zero attached hydrogens (tertiary/aromatic N) is 3. The van der Waals surface area contributed by atoms with Crippen LogP contribution in [0.1, 0.15) is 24.8 Å². The molecule has 0 aliphatic carbocycles. The van der Waals surface area contributed by atoms with Gasteiger partial charge in [0.05, 0.1) is 25.3 Å². The van der Waals surface area contributed by atoms with Crippen LogP contribution in [0.15, 0.2) is 35.4 Å². The molecular formula is C17H21N3O4. The van der Waals surface area contributed by atoms with Gasteiger partial charge in [0.15, 0.2) is 0 Å². The number of benzene rings is 1. The molecule has 24 heavy (non-hydrogen) atoms. The van der Waals surface area contributed by atoms with Gasteiger partial charge in [-0.2, -0.15) is 5.10 Å². The third-order valence-electron chi connectivity index (χ3n) is 4.39. The van der Waals surface area contributed by atoms with Crippen LogP contribution in [0.3, 0.4) is 0 Å². The van der Waals surface area contributed by atoms with E-state index < -0.39 is 12.1 Å². The molecule has 128 valence electrons. The third kappa shape index (κ3) is 3.47. The molecule has 0 saturated carbocycles. The van der Waals surface area contributed by atoms with Crippen molar-refractivity contribution >= 4 is 17.5 Å². The summed E-state index contributed by atoms with van der Waals surface area (Å²) in [7, 11) is 0. The summed E-state index contributed by atoms with van der Waals surface area (Å²) < 4.78 is 0. The van der Waals surface area contributed by atoms with E-state index in [0.29, 0.717) is 18.7 Å². The number of carbonyl (C=O) groups excluding carboxylic acids is 2. The van der Waals surface area contributed by atoms with Crippen molar-refractivity contribution in [2.24, 2.45) is 5.10 Å². The molecule has 0 spiro atoms. The Bertz CT molecular complexity index is 646. The lowest BCUT2D eigenvalue weighted by molar-refractivity contribution is -0.132. The summed E-state index contributed by atoms with van der Waals surface area (Å²) in [4.78, 5) is 26.2. The molecule has 7 nitrogen and oxygen atoms in total. The van der Waals surface area contributed by atoms with E-state index in [0.717, 1.165) is 5.56 Å². The Balaban J connectivity index is 1.76. The first kappa shape index (κ1) is 16.6. The first-order valence-electron chi connectivity index (χ1n) is 8.10. The van der Waals surface area contributed by atoms with E-state index in [1.165, 1.54) is 9.91 Å². The van der Waals surface area contributed by atoms with Crippen LogP contribution in [0.25, 0.3) is 0 Å². The molecule has 2 amide bonds. The molecule has 2 atom stereocenters. The number of aliphatic hydroxyl groups is 2. The lowest BCUT2D eigenvalue weighted by Gasteiger charge is -2.27. The van der Waals surface area contributed by atoms with Gasteiger partial charge in [-0.3, -0.25) is 9.59 Å². The number of rotatable bonds is 4. The van der Waals surface area contributed by atoms with Crippen LogP contribution in [0.5, 0.6) is 0 Å². The molecule has 1 aromatic carbocycles. The number of hydrazone groups is 1. The SMILES string of the molecule is O=C1CCC(C(=O)N2C[C@H](O)C[C@H]2CO)=NN1Cc1ccccc1. The standard InChI is InChI=1S/C17H21N3O4/c21-11-13-8-14(22)10-19(13)17(24)15-6-7-16(23)20(18-15)9-12-4-2-1-3-5-12/h1-5,13-14,21-22H,6-11H2/t13-,14+/m0/s1. The highest BCUT2D eigenvalue weighted by molar-refractivity contribution is 6.39. The number of hydrogen-bond acceptors (Lipinski definition) is 5. The predicted molar refractivity (Wildman–Crippen MR) is 86.9 cm³/mol. The fourth-order valence-corrected chi connectivity index (χ4v) is 3.12. The zero-order valence-electron chi connectivity index (χ0n) is 13.3. The van der Waals surface area contributed by atoms with Crippen LogP contribution in [0.2, 0.25) is 0 Å². The molecule has 2 heterocycles. The highest BCUT2D eigenvalue weighted by Gasteiger charge is 2.37. The maximum atomic E-state index is 12.7. The highest BCUT2D eigenvalue weighted by Crippen LogP contribution is 2.21. The number of carbonyl (C=O) groups is 2. The first-order valence-corrected chi connectivity index (χ1v) is 8.10. The second-order valence-electron chi connectivity index (χ2n) is 6.17. The monoisotopic (exact) mass is 331 g/mol. The van der Waals surface area contributed by atoms with Crippen molar-refractivity contribution in [2.75, 3.05) is 13.2 Å². The summed E-state index contributed by atoms with van der Waals surface area (Å²) in [6, 6.07) is 9.08. The van der Waals surface area contributed by atoms with Gasteiger partial charge in [0, 0.05) is 19.4 Å². The van der Waals surface area contributed by atoms with Crippen molar-refractivity contribution in [1.29, 1.82) is 0 Å². The van der Waals surface area contributed by atoms with Crippen LogP contribution in [0.4, 0.5) is 0 Å². The molecule has 2 aliphatic heterocycles. The molecule has 1 saturated heterocycles. The summed E-state index contributed by atoms with van der Waals surface area (Å²) in [6.07, 6.45) is 0.255. The largest absolute Gasteiger partial charge is 0.394 e. The summed E-state index contributed by atoms with van der Waals surface area (Å²) in [5.74, 6) is -0.424. The fourth-order valence-electron chi connectivity index (χ4n) is 3.12. The molecular weight excluding hydrogens is 310 g/mol. The molecule has 2 aliphatic rings. The lowest BCUT2D eigenvalue weighted by Crippen LogP contribution is -2.44. The van der Waals surface area contributed by atoms with Crippen molar-refractivity contribution in [3.8, 4) is 0 Å². The van der Waals surface area contributed by atoms with E-state index in [2.05, 4.69) is 5.10 Å². The Labute approximate surface area is 140 Å². The molecule has 0 radical (unpaired) electrons. The number of amides is 2. The van der Waals surface area contributed by atoms with Crippen LogP contribution >= 0.6 is 0 Å². The van der Waals surface area contributed by atoms with Gasteiger partial charge in [-0.15, -0.1) is 0 Å². The van der Waals surface area contributed by atoms with Crippen LogP contribution < -0.4 is 0 Å². The first-order chi connectivity index (χ1) is 11.6. The van der Waals surface area contributed by atoms with Crippen molar-refractivity contribution in [1.82, 2.24) is 9.91 Å². The van der Waals surface area contributed by atoms with Gasteiger partial charge in [-0.1, -0.05) is 30.3 Å². The van der Waals surface area contributed by atoms with Crippen LogP contribution in [-0.4, -0.2) is 62.9 Å². The quantitative estimate of drug-likeness (QED) is 0.819. The minimum atomic E-state index is -0.627. The molecule has 1 aromatic rings. The molecule has 1 fully saturated rings. The van der Waals surface area contributed by atoms with Gasteiger partial charge in [0.2, 0.25) is 5.91 Å². The Morgan fingerprint density at radius 1 is 1.25 bits per heavy atom. The summed E-state index contributed by atoms with van der Waals surface area (Å²) in [6.45, 7) is 0.320. The van der Waals surface area contributed by atoms with E-state index in [9.17, 15) is 19.8 Å². The van der Waals surface area contributed by atoms with Crippen molar-refractivity contribution in [3.05, 3.63) is 35.9 Å². The molecule has 0 unspecified atom stereocenters. The maximum Gasteiger partial charge on any atom is 0.270 e. The molecule has 0 aromatic heterocycles. The summed E-state index contributed by atoms with van der Waals surface area (Å²) in [5.41, 5.74) is 1.24. The maximum absolute atomic E-state index is 12.7. The molecule has 3 rings (SSSR count). The van der Waals surface area contributed by atoms with E-state index in [1.54, 1.807) is 0 Å². The topological polar surface area (TPSA) is 93.4 Å². The van der Waals surface area contributed by atoms with Crippen molar-refractivity contribution in [3.63, 3.8) is 0 Å². The Hall–Kier alpha value is -2.25. The number of likely N-dealkylation sites (tertiary alicyclic amines) is 1. The van der Waals surface area contributed by atoms with Crippen LogP contribution in [0, 0.1) is 0 Å². The molecule has 0 bridgehead atoms. The van der Waals surface area contributed by atoms with Crippen molar-refractivity contribution < 1.29 is 19.8 Å². The second-order valence-corrected chi connectivity index (χ2v) is 6.17. The van der Waals surface area contributed by atoms with Gasteiger partial charge < -0.3 is 15.1 Å². The minimum absolute atomic E-state index is 0.115. The fraction of sp³-hybridized carbons (Fsp3) is 0.471. The zero-order valence-corrected chi connectivity index (χ0v) is 13.3. The van der Waals surface area contributed by atoms with E-state index in [4.69, 9.17) is 0 Å². The average molecular weight is 331 g/mol. The molecule has 2 N–H and O–H groups in total. The number of β-amino-alcohol motifs (C(OH)–C–C–N with tert-alkyl or cyclic N) is 1. The zero-order chi connectivity index (χ0) is 17.1. The van der Waals surface area contributed by atoms with E-state index >= 15 is 0 Å². The van der Waals surface area contributed by atoms with Gasteiger partial charge >= 0.3 is 0 Å².